The SMILES string of the molecule is Cl.FC(F)(F)c1cnc(N2CCNCC2)cn1. The second-order valence-corrected chi connectivity index (χ2v) is 3.49. The van der Waals surface area contributed by atoms with E-state index < -0.39 is 11.9 Å². The molecule has 1 aliphatic heterocycles. The van der Waals surface area contributed by atoms with Gasteiger partial charge in [-0.3, -0.25) is 0 Å². The van der Waals surface area contributed by atoms with Gasteiger partial charge >= 0.3 is 6.18 Å². The molecule has 0 spiro atoms. The second kappa shape index (κ2) is 5.50. The molecule has 0 atom stereocenters. The van der Waals surface area contributed by atoms with E-state index in [1.165, 1.54) is 6.20 Å². The number of aromatic nitrogens is 2. The smallest absolute Gasteiger partial charge is 0.353 e. The standard InChI is InChI=1S/C9H11F3N4.ClH/c10-9(11,12)7-5-15-8(6-14-7)16-3-1-13-2-4-16;/h5-6,13H,1-4H2;1H. The van der Waals surface area contributed by atoms with Crippen molar-refractivity contribution in [2.24, 2.45) is 0 Å². The summed E-state index contributed by atoms with van der Waals surface area (Å²) in [5.74, 6) is 0.495. The predicted octanol–water partition coefficient (Wildman–Crippen LogP) is 1.33. The first kappa shape index (κ1) is 14.0. The van der Waals surface area contributed by atoms with E-state index in [2.05, 4.69) is 15.3 Å². The number of rotatable bonds is 1. The van der Waals surface area contributed by atoms with E-state index in [0.717, 1.165) is 32.4 Å². The second-order valence-electron chi connectivity index (χ2n) is 3.49. The highest BCUT2D eigenvalue weighted by molar-refractivity contribution is 5.85. The largest absolute Gasteiger partial charge is 0.434 e. The molecule has 0 amide bonds. The molecule has 17 heavy (non-hydrogen) atoms. The molecule has 96 valence electrons. The highest BCUT2D eigenvalue weighted by atomic mass is 35.5. The van der Waals surface area contributed by atoms with Crippen LogP contribution in [-0.2, 0) is 6.18 Å². The van der Waals surface area contributed by atoms with Crippen LogP contribution in [-0.4, -0.2) is 36.1 Å². The molecular weight excluding hydrogens is 257 g/mol. The van der Waals surface area contributed by atoms with E-state index in [1.54, 1.807) is 0 Å². The van der Waals surface area contributed by atoms with Gasteiger partial charge < -0.3 is 10.2 Å². The van der Waals surface area contributed by atoms with Gasteiger partial charge in [0.05, 0.1) is 12.4 Å². The van der Waals surface area contributed by atoms with Crippen LogP contribution in [0.15, 0.2) is 12.4 Å². The molecule has 0 radical (unpaired) electrons. The predicted molar refractivity (Wildman–Crippen MR) is 59.4 cm³/mol. The zero-order chi connectivity index (χ0) is 11.6. The fourth-order valence-electron chi connectivity index (χ4n) is 1.52. The monoisotopic (exact) mass is 268 g/mol. The van der Waals surface area contributed by atoms with Gasteiger partial charge in [-0.2, -0.15) is 13.2 Å². The molecule has 1 saturated heterocycles. The van der Waals surface area contributed by atoms with Crippen molar-refractivity contribution < 1.29 is 13.2 Å². The number of nitrogens with one attached hydrogen (secondary N) is 1. The Bertz CT molecular complexity index is 348. The molecule has 1 aromatic rings. The number of hydrogen-bond donors (Lipinski definition) is 1. The summed E-state index contributed by atoms with van der Waals surface area (Å²) in [6, 6.07) is 0. The van der Waals surface area contributed by atoms with Crippen LogP contribution in [0.3, 0.4) is 0 Å². The van der Waals surface area contributed by atoms with Crippen LogP contribution >= 0.6 is 12.4 Å². The van der Waals surface area contributed by atoms with Crippen molar-refractivity contribution in [2.45, 2.75) is 6.18 Å². The third-order valence-electron chi connectivity index (χ3n) is 2.37. The van der Waals surface area contributed by atoms with Gasteiger partial charge in [-0.1, -0.05) is 0 Å². The molecule has 2 heterocycles. The first-order valence-electron chi connectivity index (χ1n) is 4.92. The van der Waals surface area contributed by atoms with Gasteiger partial charge in [0, 0.05) is 26.2 Å². The van der Waals surface area contributed by atoms with Crippen LogP contribution in [0.2, 0.25) is 0 Å². The average molecular weight is 269 g/mol. The lowest BCUT2D eigenvalue weighted by Crippen LogP contribution is -2.44. The molecule has 8 heteroatoms. The maximum atomic E-state index is 12.2. The summed E-state index contributed by atoms with van der Waals surface area (Å²) in [4.78, 5) is 9.07. The molecule has 1 fully saturated rings. The Hall–Kier alpha value is -1.08. The molecule has 1 aliphatic rings. The third-order valence-corrected chi connectivity index (χ3v) is 2.37. The van der Waals surface area contributed by atoms with Gasteiger partial charge in [0.2, 0.25) is 0 Å². The van der Waals surface area contributed by atoms with Crippen LogP contribution in [0.25, 0.3) is 0 Å². The van der Waals surface area contributed by atoms with Gasteiger partial charge in [0.15, 0.2) is 5.69 Å². The van der Waals surface area contributed by atoms with Crippen LogP contribution in [0.4, 0.5) is 19.0 Å². The Morgan fingerprint density at radius 3 is 2.24 bits per heavy atom. The fraction of sp³-hybridized carbons (Fsp3) is 0.556. The number of piperazine rings is 1. The summed E-state index contributed by atoms with van der Waals surface area (Å²) < 4.78 is 36.7. The molecule has 0 saturated carbocycles. The van der Waals surface area contributed by atoms with Crippen LogP contribution in [0, 0.1) is 0 Å². The summed E-state index contributed by atoms with van der Waals surface area (Å²) >= 11 is 0. The Labute approximate surface area is 103 Å². The summed E-state index contributed by atoms with van der Waals surface area (Å²) in [5, 5.41) is 3.15. The Morgan fingerprint density at radius 2 is 1.76 bits per heavy atom. The topological polar surface area (TPSA) is 41.1 Å². The van der Waals surface area contributed by atoms with E-state index in [-0.39, 0.29) is 12.4 Å². The van der Waals surface area contributed by atoms with Crippen LogP contribution in [0.5, 0.6) is 0 Å². The van der Waals surface area contributed by atoms with Crippen molar-refractivity contribution in [3.63, 3.8) is 0 Å². The molecule has 1 N–H and O–H groups in total. The molecule has 0 aromatic carbocycles. The van der Waals surface area contributed by atoms with Gasteiger partial charge in [0.1, 0.15) is 5.82 Å². The Kier molecular flexibility index (Phi) is 4.53. The van der Waals surface area contributed by atoms with Crippen molar-refractivity contribution in [2.75, 3.05) is 31.1 Å². The molecule has 1 aromatic heterocycles. The van der Waals surface area contributed by atoms with Crippen molar-refractivity contribution in [1.29, 1.82) is 0 Å². The third kappa shape index (κ3) is 3.44. The van der Waals surface area contributed by atoms with Gasteiger partial charge in [-0.05, 0) is 0 Å². The molecule has 0 bridgehead atoms. The quantitative estimate of drug-likeness (QED) is 0.834. The van der Waals surface area contributed by atoms with E-state index in [0.29, 0.717) is 5.82 Å². The number of hydrogen-bond acceptors (Lipinski definition) is 4. The summed E-state index contributed by atoms with van der Waals surface area (Å²) in [6.07, 6.45) is -2.47. The fourth-order valence-corrected chi connectivity index (χ4v) is 1.52. The summed E-state index contributed by atoms with van der Waals surface area (Å²) in [5.41, 5.74) is -0.952. The molecule has 0 aliphatic carbocycles. The minimum absolute atomic E-state index is 0. The average Bonchev–Trinajstić information content (AvgIpc) is 2.29. The molecule has 0 unspecified atom stereocenters. The van der Waals surface area contributed by atoms with E-state index >= 15 is 0 Å². The molecule has 2 rings (SSSR count). The van der Waals surface area contributed by atoms with E-state index in [4.69, 9.17) is 0 Å². The van der Waals surface area contributed by atoms with Gasteiger partial charge in [-0.15, -0.1) is 12.4 Å². The van der Waals surface area contributed by atoms with E-state index in [1.807, 2.05) is 4.90 Å². The maximum Gasteiger partial charge on any atom is 0.434 e. The summed E-state index contributed by atoms with van der Waals surface area (Å²) in [6.45, 7) is 3.09. The van der Waals surface area contributed by atoms with Crippen molar-refractivity contribution in [3.8, 4) is 0 Å². The van der Waals surface area contributed by atoms with E-state index in [9.17, 15) is 13.2 Å². The Morgan fingerprint density at radius 1 is 1.12 bits per heavy atom. The lowest BCUT2D eigenvalue weighted by atomic mass is 10.3. The first-order chi connectivity index (χ1) is 7.57. The van der Waals surface area contributed by atoms with Crippen molar-refractivity contribution >= 4 is 18.2 Å². The van der Waals surface area contributed by atoms with Gasteiger partial charge in [-0.25, -0.2) is 9.97 Å². The minimum Gasteiger partial charge on any atom is -0.353 e. The van der Waals surface area contributed by atoms with Gasteiger partial charge in [0.25, 0.3) is 0 Å². The zero-order valence-corrected chi connectivity index (χ0v) is 9.68. The molecular formula is C9H12ClF3N4. The van der Waals surface area contributed by atoms with Crippen molar-refractivity contribution in [3.05, 3.63) is 18.1 Å². The lowest BCUT2D eigenvalue weighted by molar-refractivity contribution is -0.141. The van der Waals surface area contributed by atoms with Crippen LogP contribution < -0.4 is 10.2 Å². The number of anilines is 1. The summed E-state index contributed by atoms with van der Waals surface area (Å²) in [7, 11) is 0. The lowest BCUT2D eigenvalue weighted by Gasteiger charge is -2.28. The minimum atomic E-state index is -4.42. The highest BCUT2D eigenvalue weighted by Crippen LogP contribution is 2.27. The maximum absolute atomic E-state index is 12.2. The Balaban J connectivity index is 0.00000144. The zero-order valence-electron chi connectivity index (χ0n) is 8.87. The van der Waals surface area contributed by atoms with Crippen molar-refractivity contribution in [1.82, 2.24) is 15.3 Å². The van der Waals surface area contributed by atoms with Crippen LogP contribution in [0.1, 0.15) is 5.69 Å². The normalized spacial score (nSPS) is 16.5. The first-order valence-corrected chi connectivity index (χ1v) is 4.92. The number of halogens is 4. The highest BCUT2D eigenvalue weighted by Gasteiger charge is 2.32. The molecule has 4 nitrogen and oxygen atoms in total. The number of alkyl halides is 3. The number of nitrogens with zero attached hydrogens (tertiary/aromatic N) is 3.